The van der Waals surface area contributed by atoms with E-state index in [1.165, 1.54) is 37.9 Å². The van der Waals surface area contributed by atoms with E-state index in [1.807, 2.05) is 0 Å². The summed E-state index contributed by atoms with van der Waals surface area (Å²) < 4.78 is 43.9. The van der Waals surface area contributed by atoms with Gasteiger partial charge in [-0.1, -0.05) is 109 Å². The van der Waals surface area contributed by atoms with Crippen molar-refractivity contribution in [2.45, 2.75) is 0 Å². The van der Waals surface area contributed by atoms with Crippen molar-refractivity contribution in [3.63, 3.8) is 0 Å². The molecule has 0 N–H and O–H groups in total. The van der Waals surface area contributed by atoms with Crippen LogP contribution in [0, 0.1) is 51.5 Å². The molecule has 6 rings (SSSR count). The van der Waals surface area contributed by atoms with Crippen molar-refractivity contribution in [1.29, 1.82) is 5.26 Å². The maximum absolute atomic E-state index is 7.50. The molecule has 0 bridgehead atoms. The molecule has 6 aromatic rings. The Bertz CT molecular complexity index is 1750. The second-order valence-electron chi connectivity index (χ2n) is 9.53. The van der Waals surface area contributed by atoms with Crippen molar-refractivity contribution in [3.05, 3.63) is 222 Å². The second kappa shape index (κ2) is 30.1. The van der Waals surface area contributed by atoms with Crippen LogP contribution in [0.4, 0.5) is 0 Å². The normalized spacial score (nSPS) is 8.77. The van der Waals surface area contributed by atoms with Crippen molar-refractivity contribution < 1.29 is 40.6 Å². The van der Waals surface area contributed by atoms with Gasteiger partial charge in [0.15, 0.2) is 0 Å². The van der Waals surface area contributed by atoms with E-state index in [2.05, 4.69) is 222 Å². The molecular formula is C43H32CrN2O5P2. The van der Waals surface area contributed by atoms with Crippen LogP contribution in [0.3, 0.4) is 0 Å². The molecule has 10 heteroatoms. The molecule has 0 spiro atoms. The number of rotatable bonds is 6. The Kier molecular flexibility index (Phi) is 28.2. The summed E-state index contributed by atoms with van der Waals surface area (Å²) in [6, 6.07) is 67.2. The fourth-order valence-corrected chi connectivity index (χ4v) is 14.8. The predicted molar refractivity (Wildman–Crippen MR) is 203 cm³/mol. The molecule has 0 aliphatic rings. The Morgan fingerprint density at radius 3 is 0.585 bits per heavy atom. The third kappa shape index (κ3) is 12.9. The third-order valence-corrected chi connectivity index (χ3v) is 15.5. The van der Waals surface area contributed by atoms with Crippen LogP contribution in [0.2, 0.25) is 0 Å². The van der Waals surface area contributed by atoms with Crippen LogP contribution in [-0.4, -0.2) is 0 Å². The van der Waals surface area contributed by atoms with E-state index in [4.69, 9.17) is 32.7 Å². The summed E-state index contributed by atoms with van der Waals surface area (Å²) in [7, 11) is -4.99. The molecular weight excluding hydrogens is 738 g/mol. The zero-order valence-corrected chi connectivity index (χ0v) is 31.3. The van der Waals surface area contributed by atoms with Gasteiger partial charge in [0, 0.05) is 17.4 Å². The first-order valence-electron chi connectivity index (χ1n) is 14.8. The summed E-state index contributed by atoms with van der Waals surface area (Å²) in [5.41, 5.74) is 0. The zero-order valence-electron chi connectivity index (χ0n) is 28.3. The van der Waals surface area contributed by atoms with E-state index < -0.39 is 14.1 Å². The largest absolute Gasteiger partial charge is 0.305 e. The van der Waals surface area contributed by atoms with Crippen LogP contribution in [0.25, 0.3) is 0 Å². The van der Waals surface area contributed by atoms with E-state index in [-0.39, 0.29) is 17.4 Å². The smallest absolute Gasteiger partial charge is 0.301 e. The Morgan fingerprint density at radius 1 is 0.358 bits per heavy atom. The van der Waals surface area contributed by atoms with Crippen molar-refractivity contribution in [2.75, 3.05) is 0 Å². The van der Waals surface area contributed by atoms with Crippen LogP contribution in [0.15, 0.2) is 182 Å². The van der Waals surface area contributed by atoms with Gasteiger partial charge < -0.3 is 6.92 Å². The summed E-state index contributed by atoms with van der Waals surface area (Å²) in [6.07, 6.45) is 0. The first kappa shape index (κ1) is 49.6. The van der Waals surface area contributed by atoms with Gasteiger partial charge in [-0.05, 0) is 72.8 Å². The molecule has 0 aliphatic heterocycles. The van der Waals surface area contributed by atoms with Gasteiger partial charge in [0.05, 0.1) is 31.8 Å². The van der Waals surface area contributed by atoms with Crippen LogP contribution < -0.4 is 36.0 Å². The second-order valence-corrected chi connectivity index (χ2v) is 15.9. The Morgan fingerprint density at radius 2 is 0.472 bits per heavy atom. The van der Waals surface area contributed by atoms with Crippen molar-refractivity contribution in [3.8, 4) is 6.07 Å². The van der Waals surface area contributed by atoms with Gasteiger partial charge in [-0.2, -0.15) is 0 Å². The zero-order chi connectivity index (χ0) is 39.1. The molecule has 0 saturated heterocycles. The number of benzene rings is 6. The van der Waals surface area contributed by atoms with Gasteiger partial charge in [0.25, 0.3) is 0 Å². The third-order valence-electron chi connectivity index (χ3n) is 7.05. The molecule has 0 radical (unpaired) electrons. The van der Waals surface area contributed by atoms with Gasteiger partial charge in [0.1, 0.15) is 0 Å². The Hall–Kier alpha value is -5.52. The monoisotopic (exact) mass is 770 g/mol. The Labute approximate surface area is 322 Å². The van der Waals surface area contributed by atoms with Gasteiger partial charge in [-0.25, -0.2) is 5.26 Å². The first-order valence-corrected chi connectivity index (χ1v) is 18.3. The van der Waals surface area contributed by atoms with Crippen molar-refractivity contribution >= 4 is 45.9 Å². The molecule has 0 heterocycles. The molecule has 0 aliphatic carbocycles. The van der Waals surface area contributed by atoms with E-state index in [0.29, 0.717) is 0 Å². The maximum Gasteiger partial charge on any atom is 0.301 e. The average Bonchev–Trinajstić information content (AvgIpc) is 3.27. The number of hydrogen-bond donors (Lipinski definition) is 0. The number of hydrogen-bond acceptors (Lipinski definition) is 1. The number of nitriles is 1. The van der Waals surface area contributed by atoms with Gasteiger partial charge in [-0.15, -0.1) is 10.2 Å². The van der Waals surface area contributed by atoms with E-state index >= 15 is 0 Å². The summed E-state index contributed by atoms with van der Waals surface area (Å²) in [5.74, 6) is 0. The minimum atomic E-state index is -2.50. The summed E-state index contributed by atoms with van der Waals surface area (Å²) in [6.45, 7) is 25.3. The standard InChI is InChI=1S/C36H30NP2.C2H2N.5CO.Cr/c1-7-19-31(20-8-1)38(32-21-9-2-10-22-32,33-23-11-3-12-24-33)37-39(34-25-13-4-14-26-34,35-27-15-5-16-28-35)36-29-17-6-18-30-36;1-2-3;5*1-2;/h1-30H;1H2;;;;;;/q+1;-1;;;;;;. The summed E-state index contributed by atoms with van der Waals surface area (Å²) in [5, 5.41) is 14.8. The van der Waals surface area contributed by atoms with Gasteiger partial charge in [-0.3, -0.25) is 0 Å². The quantitative estimate of drug-likeness (QED) is 0.0806. The molecule has 7 nitrogen and oxygen atoms in total. The first-order chi connectivity index (χ1) is 25.8. The van der Waals surface area contributed by atoms with Gasteiger partial charge in [0.2, 0.25) is 0 Å². The maximum atomic E-state index is 7.50. The molecule has 53 heavy (non-hydrogen) atoms. The Balaban J connectivity index is 0. The molecule has 0 atom stereocenters. The molecule has 0 fully saturated rings. The molecule has 0 amide bonds. The predicted octanol–water partition coefficient (Wildman–Crippen LogP) is 6.56. The SMILES string of the molecule is [C-]#[O+].[C-]#[O+].[C-]#[O+].[C-]#[O+].[C-]#[O+].[CH2-]C#N.[Cr].c1ccc(P(=[N+]=P(c2ccccc2)(c2ccccc2)c2ccccc2)(c2ccccc2)c2ccccc2)cc1. The van der Waals surface area contributed by atoms with E-state index in [0.717, 1.165) is 0 Å². The summed E-state index contributed by atoms with van der Waals surface area (Å²) >= 11 is 0. The van der Waals surface area contributed by atoms with Gasteiger partial charge >= 0.3 is 70.6 Å². The van der Waals surface area contributed by atoms with E-state index in [9.17, 15) is 0 Å². The minimum absolute atomic E-state index is 0. The topological polar surface area (TPSA) is 137 Å². The van der Waals surface area contributed by atoms with Crippen LogP contribution in [0.5, 0.6) is 0 Å². The van der Waals surface area contributed by atoms with E-state index in [1.54, 1.807) is 0 Å². The van der Waals surface area contributed by atoms with Crippen molar-refractivity contribution in [1.82, 2.24) is 4.17 Å². The average molecular weight is 771 g/mol. The van der Waals surface area contributed by atoms with Crippen molar-refractivity contribution in [2.24, 2.45) is 0 Å². The summed E-state index contributed by atoms with van der Waals surface area (Å²) in [4.78, 5) is 0. The van der Waals surface area contributed by atoms with Crippen LogP contribution in [-0.2, 0) is 40.6 Å². The molecule has 0 aromatic heterocycles. The fraction of sp³-hybridized carbons (Fsp3) is 0. The minimum Gasteiger partial charge on any atom is -0.305 e. The van der Waals surface area contributed by atoms with Crippen LogP contribution >= 0.6 is 14.1 Å². The molecule has 0 unspecified atom stereocenters. The number of nitrogens with zero attached hydrogens (tertiary/aromatic N) is 2. The molecule has 260 valence electrons. The fourth-order valence-electron chi connectivity index (χ4n) is 5.27. The molecule has 6 aromatic carbocycles. The van der Waals surface area contributed by atoms with Crippen LogP contribution in [0.1, 0.15) is 0 Å². The molecule has 0 saturated carbocycles.